The fourth-order valence-electron chi connectivity index (χ4n) is 3.12. The van der Waals surface area contributed by atoms with Crippen molar-refractivity contribution >= 4 is 37.3 Å². The average Bonchev–Trinajstić information content (AvgIpc) is 3.10. The van der Waals surface area contributed by atoms with Crippen molar-refractivity contribution in [2.24, 2.45) is 4.99 Å². The number of sulfone groups is 1. The van der Waals surface area contributed by atoms with Gasteiger partial charge in [0.05, 0.1) is 41.1 Å². The SMILES string of the molecule is C#CCn1c(=NC(=O)CCCS(=O)(=O)c2ccc(OC)cc2)sc2cc(OCC)ccc21. The summed E-state index contributed by atoms with van der Waals surface area (Å²) in [5.74, 6) is 3.36. The first-order valence-corrected chi connectivity index (χ1v) is 12.5. The van der Waals surface area contributed by atoms with Crippen molar-refractivity contribution in [2.75, 3.05) is 19.5 Å². The van der Waals surface area contributed by atoms with Gasteiger partial charge in [-0.3, -0.25) is 4.79 Å². The summed E-state index contributed by atoms with van der Waals surface area (Å²) in [6, 6.07) is 11.8. The normalized spacial score (nSPS) is 12.0. The Hall–Kier alpha value is -3.09. The van der Waals surface area contributed by atoms with Crippen LogP contribution in [-0.4, -0.2) is 38.4 Å². The number of fused-ring (bicyclic) bond motifs is 1. The van der Waals surface area contributed by atoms with Crippen molar-refractivity contribution in [3.8, 4) is 23.8 Å². The van der Waals surface area contributed by atoms with E-state index >= 15 is 0 Å². The number of benzene rings is 2. The molecule has 9 heteroatoms. The third-order valence-electron chi connectivity index (χ3n) is 4.66. The number of methoxy groups -OCH3 is 1. The van der Waals surface area contributed by atoms with Crippen LogP contribution >= 0.6 is 11.3 Å². The van der Waals surface area contributed by atoms with Crippen LogP contribution in [0.1, 0.15) is 19.8 Å². The highest BCUT2D eigenvalue weighted by molar-refractivity contribution is 7.91. The summed E-state index contributed by atoms with van der Waals surface area (Å²) in [6.45, 7) is 2.73. The minimum absolute atomic E-state index is 0.0177. The van der Waals surface area contributed by atoms with Gasteiger partial charge in [-0.25, -0.2) is 8.42 Å². The molecule has 168 valence electrons. The monoisotopic (exact) mass is 472 g/mol. The van der Waals surface area contributed by atoms with Gasteiger partial charge >= 0.3 is 0 Å². The minimum Gasteiger partial charge on any atom is -0.497 e. The molecule has 3 rings (SSSR count). The second-order valence-electron chi connectivity index (χ2n) is 6.84. The van der Waals surface area contributed by atoms with E-state index in [1.54, 1.807) is 16.7 Å². The van der Waals surface area contributed by atoms with Crippen LogP contribution in [0.25, 0.3) is 10.2 Å². The zero-order chi connectivity index (χ0) is 23.1. The molecule has 3 aromatic rings. The van der Waals surface area contributed by atoms with E-state index in [0.29, 0.717) is 17.2 Å². The lowest BCUT2D eigenvalue weighted by atomic mass is 10.3. The largest absolute Gasteiger partial charge is 0.497 e. The van der Waals surface area contributed by atoms with Crippen LogP contribution in [0, 0.1) is 12.3 Å². The third kappa shape index (κ3) is 5.58. The van der Waals surface area contributed by atoms with Gasteiger partial charge in [0, 0.05) is 6.42 Å². The Morgan fingerprint density at radius 2 is 1.91 bits per heavy atom. The number of carbonyl (C=O) groups is 1. The van der Waals surface area contributed by atoms with Crippen LogP contribution in [0.5, 0.6) is 11.5 Å². The van der Waals surface area contributed by atoms with Gasteiger partial charge in [-0.05, 0) is 55.8 Å². The topological polar surface area (TPSA) is 87.0 Å². The maximum atomic E-state index is 12.5. The van der Waals surface area contributed by atoms with E-state index in [1.165, 1.54) is 30.6 Å². The fourth-order valence-corrected chi connectivity index (χ4v) is 5.50. The molecule has 0 aliphatic heterocycles. The molecule has 1 aromatic heterocycles. The predicted molar refractivity (Wildman–Crippen MR) is 125 cm³/mol. The highest BCUT2D eigenvalue weighted by Crippen LogP contribution is 2.23. The number of amides is 1. The van der Waals surface area contributed by atoms with Crippen LogP contribution < -0.4 is 14.3 Å². The molecule has 0 radical (unpaired) electrons. The lowest BCUT2D eigenvalue weighted by Crippen LogP contribution is -2.16. The van der Waals surface area contributed by atoms with Crippen molar-refractivity contribution in [2.45, 2.75) is 31.2 Å². The second kappa shape index (κ2) is 10.5. The van der Waals surface area contributed by atoms with Gasteiger partial charge in [0.15, 0.2) is 14.6 Å². The van der Waals surface area contributed by atoms with E-state index in [-0.39, 0.29) is 30.0 Å². The van der Waals surface area contributed by atoms with Gasteiger partial charge in [-0.1, -0.05) is 17.3 Å². The van der Waals surface area contributed by atoms with Crippen LogP contribution in [-0.2, 0) is 21.2 Å². The Labute approximate surface area is 191 Å². The number of ether oxygens (including phenoxy) is 2. The summed E-state index contributed by atoms with van der Waals surface area (Å²) >= 11 is 1.34. The van der Waals surface area contributed by atoms with Crippen LogP contribution in [0.15, 0.2) is 52.4 Å². The molecule has 0 bridgehead atoms. The summed E-state index contributed by atoms with van der Waals surface area (Å²) in [7, 11) is -1.98. The molecule has 0 N–H and O–H groups in total. The quantitative estimate of drug-likeness (QED) is 0.446. The summed E-state index contributed by atoms with van der Waals surface area (Å²) in [6.07, 6.45) is 5.69. The van der Waals surface area contributed by atoms with Crippen molar-refractivity contribution in [1.29, 1.82) is 0 Å². The molecule has 1 heterocycles. The van der Waals surface area contributed by atoms with E-state index in [0.717, 1.165) is 16.0 Å². The molecule has 32 heavy (non-hydrogen) atoms. The van der Waals surface area contributed by atoms with Gasteiger partial charge in [0.2, 0.25) is 5.91 Å². The van der Waals surface area contributed by atoms with Crippen LogP contribution in [0.3, 0.4) is 0 Å². The van der Waals surface area contributed by atoms with E-state index in [2.05, 4.69) is 10.9 Å². The lowest BCUT2D eigenvalue weighted by molar-refractivity contribution is -0.118. The standard InChI is InChI=1S/C23H24N2O5S2/c1-4-14-25-20-13-10-18(30-5-2)16-21(20)31-23(25)24-22(26)7-6-15-32(27,28)19-11-8-17(29-3)9-12-19/h1,8-13,16H,5-7,14-15H2,2-3H3. The van der Waals surface area contributed by atoms with Gasteiger partial charge in [-0.15, -0.1) is 6.42 Å². The summed E-state index contributed by atoms with van der Waals surface area (Å²) in [5.41, 5.74) is 0.866. The van der Waals surface area contributed by atoms with Crippen molar-refractivity contribution in [1.82, 2.24) is 4.57 Å². The van der Waals surface area contributed by atoms with E-state index in [4.69, 9.17) is 15.9 Å². The molecule has 1 amide bonds. The van der Waals surface area contributed by atoms with Crippen molar-refractivity contribution in [3.05, 3.63) is 47.3 Å². The number of rotatable bonds is 9. The Morgan fingerprint density at radius 3 is 2.56 bits per heavy atom. The zero-order valence-corrected chi connectivity index (χ0v) is 19.5. The van der Waals surface area contributed by atoms with E-state index in [1.807, 2.05) is 25.1 Å². The smallest absolute Gasteiger partial charge is 0.248 e. The number of hydrogen-bond donors (Lipinski definition) is 0. The maximum Gasteiger partial charge on any atom is 0.248 e. The molecule has 2 aromatic carbocycles. The number of terminal acetylenes is 1. The Morgan fingerprint density at radius 1 is 1.19 bits per heavy atom. The summed E-state index contributed by atoms with van der Waals surface area (Å²) in [4.78, 5) is 17.3. The summed E-state index contributed by atoms with van der Waals surface area (Å²) < 4.78 is 38.3. The maximum absolute atomic E-state index is 12.5. The number of hydrogen-bond acceptors (Lipinski definition) is 6. The average molecular weight is 473 g/mol. The first kappa shape index (κ1) is 23.6. The number of thiazole rings is 1. The molecular formula is C23H24N2O5S2. The van der Waals surface area contributed by atoms with Crippen LogP contribution in [0.2, 0.25) is 0 Å². The molecule has 7 nitrogen and oxygen atoms in total. The van der Waals surface area contributed by atoms with Crippen molar-refractivity contribution < 1.29 is 22.7 Å². The predicted octanol–water partition coefficient (Wildman–Crippen LogP) is 3.42. The molecule has 0 unspecified atom stereocenters. The highest BCUT2D eigenvalue weighted by atomic mass is 32.2. The molecule has 0 spiro atoms. The molecule has 0 aliphatic carbocycles. The molecule has 0 saturated heterocycles. The van der Waals surface area contributed by atoms with Gasteiger partial charge < -0.3 is 14.0 Å². The molecule has 0 atom stereocenters. The number of carbonyl (C=O) groups excluding carboxylic acids is 1. The fraction of sp³-hybridized carbons (Fsp3) is 0.304. The Kier molecular flexibility index (Phi) is 7.72. The zero-order valence-electron chi connectivity index (χ0n) is 17.9. The first-order valence-electron chi connectivity index (χ1n) is 10.0. The molecule has 0 fully saturated rings. The Balaban J connectivity index is 1.74. The first-order chi connectivity index (χ1) is 15.4. The second-order valence-corrected chi connectivity index (χ2v) is 9.96. The lowest BCUT2D eigenvalue weighted by Gasteiger charge is -2.05. The Bertz CT molecular complexity index is 1310. The van der Waals surface area contributed by atoms with E-state index in [9.17, 15) is 13.2 Å². The molecule has 0 saturated carbocycles. The number of aromatic nitrogens is 1. The molecule has 0 aliphatic rings. The van der Waals surface area contributed by atoms with Gasteiger partial charge in [0.25, 0.3) is 0 Å². The molecular weight excluding hydrogens is 448 g/mol. The number of nitrogens with zero attached hydrogens (tertiary/aromatic N) is 2. The van der Waals surface area contributed by atoms with Crippen molar-refractivity contribution in [3.63, 3.8) is 0 Å². The minimum atomic E-state index is -3.49. The van der Waals surface area contributed by atoms with Gasteiger partial charge in [0.1, 0.15) is 11.5 Å². The third-order valence-corrected chi connectivity index (χ3v) is 7.51. The highest BCUT2D eigenvalue weighted by Gasteiger charge is 2.15. The van der Waals surface area contributed by atoms with E-state index < -0.39 is 15.7 Å². The summed E-state index contributed by atoms with van der Waals surface area (Å²) in [5, 5.41) is 0. The van der Waals surface area contributed by atoms with Crippen LogP contribution in [0.4, 0.5) is 0 Å². The van der Waals surface area contributed by atoms with Gasteiger partial charge in [-0.2, -0.15) is 4.99 Å².